The van der Waals surface area contributed by atoms with E-state index in [4.69, 9.17) is 11.6 Å². The highest BCUT2D eigenvalue weighted by Crippen LogP contribution is 2.18. The second kappa shape index (κ2) is 6.66. The normalized spacial score (nSPS) is 10.4. The molecule has 0 heterocycles. The number of nitrogens with one attached hydrogen (secondary N) is 1. The number of carbonyl (C=O) groups excluding carboxylic acids is 1. The predicted octanol–water partition coefficient (Wildman–Crippen LogP) is 2.76. The lowest BCUT2D eigenvalue weighted by Crippen LogP contribution is -2.11. The quantitative estimate of drug-likeness (QED) is 0.774. The smallest absolute Gasteiger partial charge is 0.137 e. The van der Waals surface area contributed by atoms with Crippen LogP contribution in [0.3, 0.4) is 0 Å². The Kier molecular flexibility index (Phi) is 5.50. The van der Waals surface area contributed by atoms with Gasteiger partial charge in [0.15, 0.2) is 0 Å². The van der Waals surface area contributed by atoms with Gasteiger partial charge in [-0.2, -0.15) is 0 Å². The van der Waals surface area contributed by atoms with Crippen molar-refractivity contribution in [3.8, 4) is 0 Å². The summed E-state index contributed by atoms with van der Waals surface area (Å²) >= 11 is 6.07. The first kappa shape index (κ1) is 13.2. The first-order valence-electron chi connectivity index (χ1n) is 5.55. The Bertz CT molecular complexity index is 363. The summed E-state index contributed by atoms with van der Waals surface area (Å²) in [5.41, 5.74) is 2.05. The molecule has 0 spiro atoms. The summed E-state index contributed by atoms with van der Waals surface area (Å²) < 4.78 is 0. The molecule has 0 radical (unpaired) electrons. The highest BCUT2D eigenvalue weighted by molar-refractivity contribution is 6.31. The lowest BCUT2D eigenvalue weighted by Gasteiger charge is -2.04. The van der Waals surface area contributed by atoms with Crippen LogP contribution in [0, 0.1) is 6.92 Å². The fourth-order valence-corrected chi connectivity index (χ4v) is 1.86. The molecule has 0 atom stereocenters. The van der Waals surface area contributed by atoms with E-state index in [1.807, 2.05) is 32.2 Å². The van der Waals surface area contributed by atoms with Crippen molar-refractivity contribution in [3.63, 3.8) is 0 Å². The molecule has 0 fully saturated rings. The molecule has 0 amide bonds. The molecule has 0 bridgehead atoms. The van der Waals surface area contributed by atoms with Gasteiger partial charge in [0.2, 0.25) is 0 Å². The van der Waals surface area contributed by atoms with Gasteiger partial charge in [-0.3, -0.25) is 4.79 Å². The molecule has 88 valence electrons. The van der Waals surface area contributed by atoms with E-state index in [2.05, 4.69) is 5.32 Å². The molecule has 0 saturated carbocycles. The van der Waals surface area contributed by atoms with E-state index in [9.17, 15) is 4.79 Å². The number of Topliss-reactive ketones (excluding diaryl/α,β-unsaturated/α-hetero) is 1. The number of hydrogen-bond donors (Lipinski definition) is 1. The predicted molar refractivity (Wildman–Crippen MR) is 68.1 cm³/mol. The number of hydrogen-bond acceptors (Lipinski definition) is 2. The van der Waals surface area contributed by atoms with Crippen LogP contribution in [-0.2, 0) is 11.2 Å². The minimum absolute atomic E-state index is 0.251. The van der Waals surface area contributed by atoms with Crippen LogP contribution in [0.25, 0.3) is 0 Å². The third-order valence-corrected chi connectivity index (χ3v) is 2.83. The van der Waals surface area contributed by atoms with Crippen LogP contribution >= 0.6 is 11.6 Å². The zero-order valence-corrected chi connectivity index (χ0v) is 10.6. The van der Waals surface area contributed by atoms with Gasteiger partial charge in [0.05, 0.1) is 0 Å². The van der Waals surface area contributed by atoms with Gasteiger partial charge in [-0.15, -0.1) is 0 Å². The molecule has 0 aliphatic rings. The van der Waals surface area contributed by atoms with E-state index >= 15 is 0 Å². The molecule has 1 aromatic carbocycles. The minimum Gasteiger partial charge on any atom is -0.320 e. The van der Waals surface area contributed by atoms with Crippen LogP contribution in [0.1, 0.15) is 24.0 Å². The van der Waals surface area contributed by atoms with Crippen LogP contribution in [-0.4, -0.2) is 19.4 Å². The number of halogens is 1. The standard InChI is InChI=1S/C13H18ClNO/c1-10-5-6-11(13(14)8-10)9-12(16)4-3-7-15-2/h5-6,8,15H,3-4,7,9H2,1-2H3. The van der Waals surface area contributed by atoms with E-state index in [0.717, 1.165) is 24.1 Å². The van der Waals surface area contributed by atoms with Crippen LogP contribution in [0.15, 0.2) is 18.2 Å². The highest BCUT2D eigenvalue weighted by Gasteiger charge is 2.06. The van der Waals surface area contributed by atoms with Crippen molar-refractivity contribution in [2.45, 2.75) is 26.2 Å². The number of benzene rings is 1. The lowest BCUT2D eigenvalue weighted by atomic mass is 10.0. The molecular weight excluding hydrogens is 222 g/mol. The third-order valence-electron chi connectivity index (χ3n) is 2.48. The van der Waals surface area contributed by atoms with Crippen LogP contribution in [0.5, 0.6) is 0 Å². The maximum absolute atomic E-state index is 11.6. The average Bonchev–Trinajstić information content (AvgIpc) is 2.23. The summed E-state index contributed by atoms with van der Waals surface area (Å²) in [5.74, 6) is 0.251. The molecule has 1 aromatic rings. The van der Waals surface area contributed by atoms with E-state index < -0.39 is 0 Å². The Balaban J connectivity index is 2.49. The maximum Gasteiger partial charge on any atom is 0.137 e. The highest BCUT2D eigenvalue weighted by atomic mass is 35.5. The Morgan fingerprint density at radius 3 is 2.81 bits per heavy atom. The Morgan fingerprint density at radius 2 is 2.19 bits per heavy atom. The summed E-state index contributed by atoms with van der Waals surface area (Å²) in [4.78, 5) is 11.6. The molecule has 0 saturated heterocycles. The molecule has 1 rings (SSSR count). The molecule has 0 unspecified atom stereocenters. The zero-order valence-electron chi connectivity index (χ0n) is 9.85. The Hall–Kier alpha value is -0.860. The van der Waals surface area contributed by atoms with Crippen molar-refractivity contribution in [2.75, 3.05) is 13.6 Å². The van der Waals surface area contributed by atoms with Gasteiger partial charge in [0.1, 0.15) is 5.78 Å². The first-order valence-corrected chi connectivity index (χ1v) is 5.92. The molecule has 3 heteroatoms. The zero-order chi connectivity index (χ0) is 12.0. The minimum atomic E-state index is 0.251. The number of ketones is 1. The first-order chi connectivity index (χ1) is 7.63. The largest absolute Gasteiger partial charge is 0.320 e. The van der Waals surface area contributed by atoms with Crippen LogP contribution < -0.4 is 5.32 Å². The van der Waals surface area contributed by atoms with E-state index in [1.54, 1.807) is 0 Å². The van der Waals surface area contributed by atoms with Gasteiger partial charge < -0.3 is 5.32 Å². The second-order valence-electron chi connectivity index (χ2n) is 4.02. The maximum atomic E-state index is 11.6. The van der Waals surface area contributed by atoms with E-state index in [-0.39, 0.29) is 5.78 Å². The molecule has 0 aliphatic heterocycles. The Morgan fingerprint density at radius 1 is 1.44 bits per heavy atom. The fourth-order valence-electron chi connectivity index (χ4n) is 1.56. The van der Waals surface area contributed by atoms with E-state index in [0.29, 0.717) is 17.9 Å². The van der Waals surface area contributed by atoms with Gasteiger partial charge in [-0.25, -0.2) is 0 Å². The average molecular weight is 240 g/mol. The Labute approximate surface area is 102 Å². The summed E-state index contributed by atoms with van der Waals surface area (Å²) in [6.45, 7) is 2.87. The van der Waals surface area contributed by atoms with Crippen molar-refractivity contribution < 1.29 is 4.79 Å². The van der Waals surface area contributed by atoms with Crippen LogP contribution in [0.2, 0.25) is 5.02 Å². The summed E-state index contributed by atoms with van der Waals surface area (Å²) in [7, 11) is 1.89. The summed E-state index contributed by atoms with van der Waals surface area (Å²) in [5, 5.41) is 3.72. The van der Waals surface area contributed by atoms with Crippen molar-refractivity contribution in [2.24, 2.45) is 0 Å². The van der Waals surface area contributed by atoms with Gasteiger partial charge in [0, 0.05) is 17.9 Å². The van der Waals surface area contributed by atoms with Gasteiger partial charge in [0.25, 0.3) is 0 Å². The lowest BCUT2D eigenvalue weighted by molar-refractivity contribution is -0.118. The second-order valence-corrected chi connectivity index (χ2v) is 4.42. The molecule has 0 aliphatic carbocycles. The van der Waals surface area contributed by atoms with Gasteiger partial charge in [-0.1, -0.05) is 23.7 Å². The van der Waals surface area contributed by atoms with Gasteiger partial charge in [-0.05, 0) is 44.1 Å². The van der Waals surface area contributed by atoms with E-state index in [1.165, 1.54) is 0 Å². The number of carbonyl (C=O) groups is 1. The fraction of sp³-hybridized carbons (Fsp3) is 0.462. The molecule has 0 aromatic heterocycles. The monoisotopic (exact) mass is 239 g/mol. The van der Waals surface area contributed by atoms with Crippen molar-refractivity contribution in [3.05, 3.63) is 34.3 Å². The topological polar surface area (TPSA) is 29.1 Å². The molecule has 16 heavy (non-hydrogen) atoms. The summed E-state index contributed by atoms with van der Waals surface area (Å²) in [6, 6.07) is 5.83. The molecule has 1 N–H and O–H groups in total. The third kappa shape index (κ3) is 4.33. The molecule has 2 nitrogen and oxygen atoms in total. The van der Waals surface area contributed by atoms with Crippen LogP contribution in [0.4, 0.5) is 0 Å². The summed E-state index contributed by atoms with van der Waals surface area (Å²) in [6.07, 6.45) is 1.95. The number of aryl methyl sites for hydroxylation is 1. The molecular formula is C13H18ClNO. The van der Waals surface area contributed by atoms with Crippen molar-refractivity contribution in [1.29, 1.82) is 0 Å². The van der Waals surface area contributed by atoms with Crippen molar-refractivity contribution >= 4 is 17.4 Å². The van der Waals surface area contributed by atoms with Gasteiger partial charge >= 0.3 is 0 Å². The SMILES string of the molecule is CNCCCC(=O)Cc1ccc(C)cc1Cl. The van der Waals surface area contributed by atoms with Crippen molar-refractivity contribution in [1.82, 2.24) is 5.32 Å². The number of rotatable bonds is 6.